The van der Waals surface area contributed by atoms with Crippen molar-refractivity contribution in [1.29, 1.82) is 0 Å². The maximum atomic E-state index is 12.7. The number of hydrogen-bond acceptors (Lipinski definition) is 4. The summed E-state index contributed by atoms with van der Waals surface area (Å²) in [6.45, 7) is 8.14. The van der Waals surface area contributed by atoms with E-state index in [0.717, 1.165) is 42.0 Å². The van der Waals surface area contributed by atoms with Crippen LogP contribution in [0.25, 0.3) is 0 Å². The molecule has 1 aliphatic heterocycles. The van der Waals surface area contributed by atoms with Gasteiger partial charge in [0.05, 0.1) is 19.3 Å². The minimum absolute atomic E-state index is 0.0563. The molecule has 2 N–H and O–H groups in total. The third kappa shape index (κ3) is 6.57. The second kappa shape index (κ2) is 11.1. The molecule has 2 atom stereocenters. The summed E-state index contributed by atoms with van der Waals surface area (Å²) < 4.78 is 11.6. The second-order valence-corrected chi connectivity index (χ2v) is 8.30. The summed E-state index contributed by atoms with van der Waals surface area (Å²) in [5.74, 6) is 0.291. The average molecular weight is 411 g/mol. The fourth-order valence-electron chi connectivity index (χ4n) is 3.67. The Hall–Kier alpha value is -2.37. The molecule has 0 aromatic heterocycles. The first-order chi connectivity index (χ1) is 14.5. The largest absolute Gasteiger partial charge is 0.376 e. The van der Waals surface area contributed by atoms with Crippen molar-refractivity contribution in [1.82, 2.24) is 0 Å². The molecule has 5 nitrogen and oxygen atoms in total. The highest BCUT2D eigenvalue weighted by molar-refractivity contribution is 5.96. The molecule has 1 fully saturated rings. The van der Waals surface area contributed by atoms with Crippen molar-refractivity contribution >= 4 is 17.3 Å². The fourth-order valence-corrected chi connectivity index (χ4v) is 3.67. The lowest BCUT2D eigenvalue weighted by molar-refractivity contribution is -0.116. The van der Waals surface area contributed by atoms with Crippen molar-refractivity contribution in [2.45, 2.75) is 64.7 Å². The highest BCUT2D eigenvalue weighted by Crippen LogP contribution is 2.24. The van der Waals surface area contributed by atoms with Gasteiger partial charge < -0.3 is 20.1 Å². The van der Waals surface area contributed by atoms with E-state index in [1.807, 2.05) is 49.4 Å². The molecule has 0 spiro atoms. The van der Waals surface area contributed by atoms with Gasteiger partial charge in [-0.2, -0.15) is 0 Å². The summed E-state index contributed by atoms with van der Waals surface area (Å²) in [5.41, 5.74) is 4.00. The van der Waals surface area contributed by atoms with Gasteiger partial charge in [0.1, 0.15) is 6.04 Å². The number of hydrogen-bond donors (Lipinski definition) is 2. The SMILES string of the molecule is CC(Nc1cccc(COCC2CCCCO2)c1)C(=O)Nc1ccccc1C(C)C. The molecule has 3 rings (SSSR count). The molecule has 1 aliphatic rings. The van der Waals surface area contributed by atoms with E-state index in [9.17, 15) is 4.79 Å². The third-order valence-corrected chi connectivity index (χ3v) is 5.39. The predicted octanol–water partition coefficient (Wildman–Crippen LogP) is 5.33. The van der Waals surface area contributed by atoms with Gasteiger partial charge in [-0.15, -0.1) is 0 Å². The molecular weight excluding hydrogens is 376 g/mol. The molecule has 0 bridgehead atoms. The van der Waals surface area contributed by atoms with Gasteiger partial charge in [-0.05, 0) is 61.4 Å². The van der Waals surface area contributed by atoms with Gasteiger partial charge >= 0.3 is 0 Å². The number of nitrogens with one attached hydrogen (secondary N) is 2. The van der Waals surface area contributed by atoms with Crippen LogP contribution in [0.15, 0.2) is 48.5 Å². The van der Waals surface area contributed by atoms with E-state index in [-0.39, 0.29) is 18.1 Å². The topological polar surface area (TPSA) is 59.6 Å². The summed E-state index contributed by atoms with van der Waals surface area (Å²) in [6, 6.07) is 15.6. The summed E-state index contributed by atoms with van der Waals surface area (Å²) in [5, 5.41) is 6.36. The van der Waals surface area contributed by atoms with E-state index < -0.39 is 0 Å². The van der Waals surface area contributed by atoms with Crippen LogP contribution >= 0.6 is 0 Å². The van der Waals surface area contributed by atoms with Crippen LogP contribution in [0.3, 0.4) is 0 Å². The first-order valence-electron chi connectivity index (χ1n) is 11.0. The standard InChI is InChI=1S/C25H34N2O3/c1-18(2)23-12-4-5-13-24(23)27-25(28)19(3)26-21-10-8-9-20(15-21)16-29-17-22-11-6-7-14-30-22/h4-5,8-10,12-13,15,18-19,22,26H,6-7,11,14,16-17H2,1-3H3,(H,27,28). The maximum absolute atomic E-state index is 12.7. The van der Waals surface area contributed by atoms with Crippen LogP contribution in [-0.2, 0) is 20.9 Å². The molecule has 1 saturated heterocycles. The Morgan fingerprint density at radius 1 is 1.13 bits per heavy atom. The van der Waals surface area contributed by atoms with Gasteiger partial charge in [0.2, 0.25) is 5.91 Å². The highest BCUT2D eigenvalue weighted by atomic mass is 16.5. The monoisotopic (exact) mass is 410 g/mol. The zero-order chi connectivity index (χ0) is 21.3. The molecule has 0 saturated carbocycles. The van der Waals surface area contributed by atoms with Crippen LogP contribution in [0.1, 0.15) is 57.1 Å². The van der Waals surface area contributed by atoms with Gasteiger partial charge in [0.15, 0.2) is 0 Å². The van der Waals surface area contributed by atoms with E-state index in [4.69, 9.17) is 9.47 Å². The minimum Gasteiger partial charge on any atom is -0.376 e. The first kappa shape index (κ1) is 22.3. The summed E-state index contributed by atoms with van der Waals surface area (Å²) in [6.07, 6.45) is 3.67. The van der Waals surface area contributed by atoms with Gasteiger partial charge in [0.25, 0.3) is 0 Å². The van der Waals surface area contributed by atoms with Crippen molar-refractivity contribution < 1.29 is 14.3 Å². The molecule has 5 heteroatoms. The van der Waals surface area contributed by atoms with Crippen molar-refractivity contribution in [3.05, 3.63) is 59.7 Å². The molecule has 162 valence electrons. The van der Waals surface area contributed by atoms with E-state index >= 15 is 0 Å². The van der Waals surface area contributed by atoms with Crippen LogP contribution in [0.4, 0.5) is 11.4 Å². The van der Waals surface area contributed by atoms with Gasteiger partial charge in [-0.3, -0.25) is 4.79 Å². The third-order valence-electron chi connectivity index (χ3n) is 5.39. The number of carbonyl (C=O) groups is 1. The minimum atomic E-state index is -0.364. The molecule has 0 radical (unpaired) electrons. The van der Waals surface area contributed by atoms with Crippen LogP contribution in [0, 0.1) is 0 Å². The van der Waals surface area contributed by atoms with E-state index in [1.54, 1.807) is 0 Å². The molecule has 1 heterocycles. The number of amides is 1. The van der Waals surface area contributed by atoms with Crippen LogP contribution < -0.4 is 10.6 Å². The van der Waals surface area contributed by atoms with Gasteiger partial charge in [0, 0.05) is 18.0 Å². The Bertz CT molecular complexity index is 816. The molecule has 2 aromatic carbocycles. The number of rotatable bonds is 9. The Balaban J connectivity index is 1.51. The first-order valence-corrected chi connectivity index (χ1v) is 11.0. The smallest absolute Gasteiger partial charge is 0.246 e. The van der Waals surface area contributed by atoms with Crippen molar-refractivity contribution in [3.8, 4) is 0 Å². The predicted molar refractivity (Wildman–Crippen MR) is 122 cm³/mol. The average Bonchev–Trinajstić information content (AvgIpc) is 2.75. The summed E-state index contributed by atoms with van der Waals surface area (Å²) in [4.78, 5) is 12.7. The zero-order valence-electron chi connectivity index (χ0n) is 18.3. The van der Waals surface area contributed by atoms with Crippen molar-refractivity contribution in [3.63, 3.8) is 0 Å². The molecular formula is C25H34N2O3. The highest BCUT2D eigenvalue weighted by Gasteiger charge is 2.16. The number of anilines is 2. The second-order valence-electron chi connectivity index (χ2n) is 8.30. The van der Waals surface area contributed by atoms with Gasteiger partial charge in [-0.25, -0.2) is 0 Å². The molecule has 30 heavy (non-hydrogen) atoms. The number of para-hydroxylation sites is 1. The summed E-state index contributed by atoms with van der Waals surface area (Å²) >= 11 is 0. The van der Waals surface area contributed by atoms with Crippen LogP contribution in [0.2, 0.25) is 0 Å². The lowest BCUT2D eigenvalue weighted by atomic mass is 10.0. The Kier molecular flexibility index (Phi) is 8.29. The quantitative estimate of drug-likeness (QED) is 0.586. The van der Waals surface area contributed by atoms with E-state index in [0.29, 0.717) is 19.1 Å². The van der Waals surface area contributed by atoms with Crippen molar-refractivity contribution in [2.75, 3.05) is 23.8 Å². The maximum Gasteiger partial charge on any atom is 0.246 e. The molecule has 0 aliphatic carbocycles. The lowest BCUT2D eigenvalue weighted by Gasteiger charge is -2.22. The molecule has 1 amide bonds. The summed E-state index contributed by atoms with van der Waals surface area (Å²) in [7, 11) is 0. The molecule has 2 aromatic rings. The number of carbonyl (C=O) groups excluding carboxylic acids is 1. The Labute approximate surface area is 180 Å². The zero-order valence-corrected chi connectivity index (χ0v) is 18.3. The molecule has 2 unspecified atom stereocenters. The van der Waals surface area contributed by atoms with Crippen LogP contribution in [-0.4, -0.2) is 31.3 Å². The van der Waals surface area contributed by atoms with Crippen molar-refractivity contribution in [2.24, 2.45) is 0 Å². The van der Waals surface area contributed by atoms with E-state index in [2.05, 4.69) is 30.5 Å². The fraction of sp³-hybridized carbons (Fsp3) is 0.480. The number of ether oxygens (including phenoxy) is 2. The normalized spacial score (nSPS) is 17.5. The van der Waals surface area contributed by atoms with Gasteiger partial charge in [-0.1, -0.05) is 44.2 Å². The lowest BCUT2D eigenvalue weighted by Crippen LogP contribution is -2.32. The Morgan fingerprint density at radius 2 is 1.97 bits per heavy atom. The van der Waals surface area contributed by atoms with E-state index in [1.165, 1.54) is 6.42 Å². The number of benzene rings is 2. The Morgan fingerprint density at radius 3 is 2.73 bits per heavy atom. The van der Waals surface area contributed by atoms with Crippen LogP contribution in [0.5, 0.6) is 0 Å².